The molecule has 0 bridgehead atoms. The molecule has 0 unspecified atom stereocenters. The van der Waals surface area contributed by atoms with Gasteiger partial charge in [0, 0.05) is 6.42 Å². The van der Waals surface area contributed by atoms with Crippen molar-refractivity contribution in [1.29, 1.82) is 0 Å². The zero-order valence-corrected chi connectivity index (χ0v) is 13.0. The third kappa shape index (κ3) is 5.16. The highest BCUT2D eigenvalue weighted by atomic mass is 127. The van der Waals surface area contributed by atoms with Crippen molar-refractivity contribution in [2.24, 2.45) is 0 Å². The van der Waals surface area contributed by atoms with Gasteiger partial charge >= 0.3 is 0 Å². The van der Waals surface area contributed by atoms with Crippen LogP contribution in [0, 0.1) is 0 Å². The van der Waals surface area contributed by atoms with Crippen molar-refractivity contribution in [2.75, 3.05) is 27.7 Å². The molecule has 1 nitrogen and oxygen atoms in total. The van der Waals surface area contributed by atoms with Gasteiger partial charge in [0.15, 0.2) is 0 Å². The molecular weight excluding hydrogens is 352 g/mol. The lowest BCUT2D eigenvalue weighted by molar-refractivity contribution is -0.870. The van der Waals surface area contributed by atoms with Crippen LogP contribution in [-0.2, 0) is 6.42 Å². The van der Waals surface area contributed by atoms with Crippen LogP contribution in [0.1, 0.15) is 5.56 Å². The maximum absolute atomic E-state index is 6.00. The topological polar surface area (TPSA) is 0 Å². The summed E-state index contributed by atoms with van der Waals surface area (Å²) >= 11 is 13.3. The third-order valence-corrected chi connectivity index (χ3v) is 3.35. The Morgan fingerprint density at radius 1 is 1.29 bits per heavy atom. The molecule has 1 rings (SSSR count). The highest BCUT2D eigenvalue weighted by Gasteiger charge is 2.11. The summed E-state index contributed by atoms with van der Waals surface area (Å²) in [4.78, 5) is 0. The second-order valence-corrected chi connectivity index (χ2v) is 6.40. The van der Waals surface area contributed by atoms with Crippen molar-refractivity contribution < 1.29 is 28.5 Å². The Morgan fingerprint density at radius 2 is 1.86 bits per heavy atom. The summed E-state index contributed by atoms with van der Waals surface area (Å²) in [7, 11) is 6.51. The van der Waals surface area contributed by atoms with Crippen LogP contribution in [0.25, 0.3) is 0 Å². The number of thiophene rings is 1. The van der Waals surface area contributed by atoms with E-state index in [-0.39, 0.29) is 24.0 Å². The maximum atomic E-state index is 6.00. The van der Waals surface area contributed by atoms with Gasteiger partial charge in [0.2, 0.25) is 0 Å². The van der Waals surface area contributed by atoms with E-state index in [1.54, 1.807) is 0 Å². The quantitative estimate of drug-likeness (QED) is 0.534. The fourth-order valence-corrected chi connectivity index (χ4v) is 2.55. The highest BCUT2D eigenvalue weighted by molar-refractivity contribution is 7.20. The molecular formula is C9H14Cl2INS. The maximum Gasteiger partial charge on any atom is 0.0978 e. The molecule has 0 radical (unpaired) electrons. The summed E-state index contributed by atoms with van der Waals surface area (Å²) in [6.45, 7) is 1.08. The lowest BCUT2D eigenvalue weighted by atomic mass is 10.2. The van der Waals surface area contributed by atoms with Crippen LogP contribution in [0.4, 0.5) is 0 Å². The minimum atomic E-state index is 0. The molecule has 0 aliphatic carbocycles. The predicted octanol–water partition coefficient (Wildman–Crippen LogP) is 0.308. The molecule has 0 saturated heterocycles. The monoisotopic (exact) mass is 365 g/mol. The first-order valence-electron chi connectivity index (χ1n) is 4.12. The fourth-order valence-electron chi connectivity index (χ4n) is 1.00. The zero-order valence-electron chi connectivity index (χ0n) is 8.48. The number of rotatable bonds is 3. The van der Waals surface area contributed by atoms with Crippen molar-refractivity contribution >= 4 is 34.5 Å². The average molecular weight is 366 g/mol. The zero-order chi connectivity index (χ0) is 10.1. The summed E-state index contributed by atoms with van der Waals surface area (Å²) in [6.07, 6.45) is 0.992. The average Bonchev–Trinajstić information content (AvgIpc) is 2.24. The molecule has 14 heavy (non-hydrogen) atoms. The molecule has 0 saturated carbocycles. The van der Waals surface area contributed by atoms with E-state index in [0.717, 1.165) is 26.1 Å². The van der Waals surface area contributed by atoms with Gasteiger partial charge in [-0.1, -0.05) is 23.2 Å². The molecule has 0 aliphatic heterocycles. The smallest absolute Gasteiger partial charge is 0.0978 e. The van der Waals surface area contributed by atoms with Crippen molar-refractivity contribution in [3.8, 4) is 0 Å². The van der Waals surface area contributed by atoms with E-state index >= 15 is 0 Å². The molecule has 1 heterocycles. The highest BCUT2D eigenvalue weighted by Crippen LogP contribution is 2.31. The summed E-state index contributed by atoms with van der Waals surface area (Å²) in [5, 5.41) is 0. The van der Waals surface area contributed by atoms with E-state index in [9.17, 15) is 0 Å². The van der Waals surface area contributed by atoms with E-state index in [1.165, 1.54) is 16.9 Å². The Balaban J connectivity index is 0.00000169. The van der Waals surface area contributed by atoms with Gasteiger partial charge in [-0.3, -0.25) is 0 Å². The molecule has 0 aliphatic rings. The van der Waals surface area contributed by atoms with Crippen LogP contribution < -0.4 is 24.0 Å². The van der Waals surface area contributed by atoms with E-state index < -0.39 is 0 Å². The van der Waals surface area contributed by atoms with Gasteiger partial charge in [0.05, 0.1) is 36.4 Å². The standard InChI is InChI=1S/C9H14Cl2NS.HI/c1-12(2,3)5-4-7-6-8(10)13-9(7)11;/h6H,4-5H2,1-3H3;1H/q+1;/p-1. The van der Waals surface area contributed by atoms with Gasteiger partial charge in [0.1, 0.15) is 0 Å². The Labute approximate surface area is 117 Å². The second kappa shape index (κ2) is 5.89. The van der Waals surface area contributed by atoms with Crippen LogP contribution in [0.5, 0.6) is 0 Å². The number of likely N-dealkylation sites (N-methyl/N-ethyl adjacent to an activating group) is 1. The third-order valence-electron chi connectivity index (χ3n) is 1.78. The summed E-state index contributed by atoms with van der Waals surface area (Å²) in [5.74, 6) is 0. The first-order valence-corrected chi connectivity index (χ1v) is 5.70. The fraction of sp³-hybridized carbons (Fsp3) is 0.556. The molecule has 0 fully saturated rings. The van der Waals surface area contributed by atoms with Crippen LogP contribution in [0.3, 0.4) is 0 Å². The van der Waals surface area contributed by atoms with Gasteiger partial charge in [-0.2, -0.15) is 0 Å². The van der Waals surface area contributed by atoms with Gasteiger partial charge in [-0.25, -0.2) is 0 Å². The predicted molar refractivity (Wildman–Crippen MR) is 60.9 cm³/mol. The normalized spacial score (nSPS) is 11.2. The number of quaternary nitrogens is 1. The number of halogens is 3. The number of nitrogens with zero attached hydrogens (tertiary/aromatic N) is 1. The number of hydrogen-bond donors (Lipinski definition) is 0. The SMILES string of the molecule is C[N+](C)(C)CCc1cc(Cl)sc1Cl.[I-]. The molecule has 0 spiro atoms. The molecule has 0 amide bonds. The largest absolute Gasteiger partial charge is 1.00 e. The van der Waals surface area contributed by atoms with E-state index in [0.29, 0.717) is 0 Å². The molecule has 0 atom stereocenters. The van der Waals surface area contributed by atoms with Gasteiger partial charge in [0.25, 0.3) is 0 Å². The van der Waals surface area contributed by atoms with Crippen LogP contribution in [-0.4, -0.2) is 32.2 Å². The second-order valence-electron chi connectivity index (χ2n) is 4.11. The van der Waals surface area contributed by atoms with Crippen LogP contribution in [0.2, 0.25) is 8.67 Å². The Kier molecular flexibility index (Phi) is 6.30. The van der Waals surface area contributed by atoms with E-state index in [4.69, 9.17) is 23.2 Å². The van der Waals surface area contributed by atoms with Gasteiger partial charge < -0.3 is 28.5 Å². The molecule has 0 aromatic carbocycles. The van der Waals surface area contributed by atoms with Crippen molar-refractivity contribution in [3.63, 3.8) is 0 Å². The summed E-state index contributed by atoms with van der Waals surface area (Å²) in [5.41, 5.74) is 1.17. The van der Waals surface area contributed by atoms with Crippen LogP contribution >= 0.6 is 34.5 Å². The number of hydrogen-bond acceptors (Lipinski definition) is 1. The first kappa shape index (κ1) is 15.0. The lowest BCUT2D eigenvalue weighted by Crippen LogP contribution is -3.00. The lowest BCUT2D eigenvalue weighted by Gasteiger charge is -2.23. The molecule has 0 N–H and O–H groups in total. The Hall–Kier alpha value is 0.970. The Bertz CT molecular complexity index is 293. The van der Waals surface area contributed by atoms with Crippen LogP contribution in [0.15, 0.2) is 6.07 Å². The minimum Gasteiger partial charge on any atom is -1.00 e. The van der Waals surface area contributed by atoms with Crippen molar-refractivity contribution in [3.05, 3.63) is 20.3 Å². The Morgan fingerprint density at radius 3 is 2.21 bits per heavy atom. The summed E-state index contributed by atoms with van der Waals surface area (Å²) < 4.78 is 2.56. The van der Waals surface area contributed by atoms with E-state index in [1.807, 2.05) is 6.07 Å². The molecule has 82 valence electrons. The molecule has 1 aromatic heterocycles. The molecule has 5 heteroatoms. The summed E-state index contributed by atoms with van der Waals surface area (Å²) in [6, 6.07) is 1.96. The van der Waals surface area contributed by atoms with Crippen molar-refractivity contribution in [2.45, 2.75) is 6.42 Å². The van der Waals surface area contributed by atoms with E-state index in [2.05, 4.69) is 21.1 Å². The van der Waals surface area contributed by atoms with Gasteiger partial charge in [-0.15, -0.1) is 11.3 Å². The first-order chi connectivity index (χ1) is 5.88. The molecule has 1 aromatic rings. The minimum absolute atomic E-state index is 0. The van der Waals surface area contributed by atoms with Gasteiger partial charge in [-0.05, 0) is 11.6 Å². The van der Waals surface area contributed by atoms with Crippen molar-refractivity contribution in [1.82, 2.24) is 0 Å².